The second-order valence-electron chi connectivity index (χ2n) is 3.21. The predicted octanol–water partition coefficient (Wildman–Crippen LogP) is 1.10. The second-order valence-corrected chi connectivity index (χ2v) is 3.64. The number of hydrogen-bond acceptors (Lipinski definition) is 5. The molecule has 8 heteroatoms. The van der Waals surface area contributed by atoms with E-state index in [-0.39, 0.29) is 0 Å². The maximum absolute atomic E-state index is 11.6. The molecule has 0 bridgehead atoms. The highest BCUT2D eigenvalue weighted by atomic mass is 35.5. The monoisotopic (exact) mass is 272 g/mol. The Morgan fingerprint density at radius 2 is 1.94 bits per heavy atom. The Hall–Kier alpha value is -2.15. The quantitative estimate of drug-likeness (QED) is 0.383. The van der Waals surface area contributed by atoms with Crippen molar-refractivity contribution in [3.05, 3.63) is 39.4 Å². The molecule has 0 saturated heterocycles. The molecule has 0 aliphatic rings. The normalized spacial score (nSPS) is 11.4. The van der Waals surface area contributed by atoms with Gasteiger partial charge in [-0.05, 0) is 24.3 Å². The largest absolute Gasteiger partial charge is 0.464 e. The van der Waals surface area contributed by atoms with Crippen molar-refractivity contribution in [3.63, 3.8) is 0 Å². The number of nitro groups is 1. The van der Waals surface area contributed by atoms with Gasteiger partial charge < -0.3 is 10.1 Å². The lowest BCUT2D eigenvalue weighted by Crippen LogP contribution is -2.42. The van der Waals surface area contributed by atoms with Crippen molar-refractivity contribution in [2.45, 2.75) is 6.04 Å². The number of nitrogens with zero attached hydrogens (tertiary/aromatic N) is 1. The molecular formula is C10H9ClN2O5. The van der Waals surface area contributed by atoms with E-state index in [0.29, 0.717) is 10.7 Å². The third-order valence-electron chi connectivity index (χ3n) is 2.00. The number of carbonyl (C=O) groups excluding carboxylic acids is 2. The predicted molar refractivity (Wildman–Crippen MR) is 62.9 cm³/mol. The first-order valence-corrected chi connectivity index (χ1v) is 5.11. The summed E-state index contributed by atoms with van der Waals surface area (Å²) in [5, 5.41) is 13.3. The Balaban J connectivity index is 2.82. The van der Waals surface area contributed by atoms with Gasteiger partial charge in [-0.1, -0.05) is 11.6 Å². The van der Waals surface area contributed by atoms with E-state index in [2.05, 4.69) is 10.1 Å². The van der Waals surface area contributed by atoms with Gasteiger partial charge in [0.2, 0.25) is 0 Å². The van der Waals surface area contributed by atoms with E-state index in [0.717, 1.165) is 7.11 Å². The number of nitrogens with one attached hydrogen (secondary N) is 1. The Bertz CT molecular complexity index is 474. The molecule has 1 rings (SSSR count). The second kappa shape index (κ2) is 5.97. The summed E-state index contributed by atoms with van der Waals surface area (Å²) in [5.74, 6) is -2.30. The molecule has 1 amide bonds. The zero-order valence-electron chi connectivity index (χ0n) is 9.25. The first-order valence-electron chi connectivity index (χ1n) is 4.73. The highest BCUT2D eigenvalue weighted by Gasteiger charge is 2.39. The van der Waals surface area contributed by atoms with Gasteiger partial charge in [-0.3, -0.25) is 14.9 Å². The summed E-state index contributed by atoms with van der Waals surface area (Å²) in [6, 6.07) is 3.81. The minimum atomic E-state index is -2.09. The van der Waals surface area contributed by atoms with Crippen LogP contribution in [0.2, 0.25) is 5.02 Å². The summed E-state index contributed by atoms with van der Waals surface area (Å²) in [7, 11) is 0.967. The van der Waals surface area contributed by atoms with Gasteiger partial charge in [-0.2, -0.15) is 0 Å². The van der Waals surface area contributed by atoms with Gasteiger partial charge in [0, 0.05) is 15.6 Å². The summed E-state index contributed by atoms with van der Waals surface area (Å²) in [5.41, 5.74) is 0.292. The molecule has 7 nitrogen and oxygen atoms in total. The van der Waals surface area contributed by atoms with Crippen LogP contribution in [0.4, 0.5) is 5.69 Å². The van der Waals surface area contributed by atoms with Gasteiger partial charge in [0.1, 0.15) is 0 Å². The van der Waals surface area contributed by atoms with Crippen molar-refractivity contribution in [3.8, 4) is 0 Å². The minimum absolute atomic E-state index is 0.292. The Morgan fingerprint density at radius 3 is 2.39 bits per heavy atom. The molecule has 0 spiro atoms. The van der Waals surface area contributed by atoms with Crippen molar-refractivity contribution >= 4 is 29.2 Å². The summed E-state index contributed by atoms with van der Waals surface area (Å²) in [6.07, 6.45) is 0. The van der Waals surface area contributed by atoms with Crippen molar-refractivity contribution in [1.82, 2.24) is 0 Å². The third-order valence-corrected chi connectivity index (χ3v) is 2.25. The maximum atomic E-state index is 11.6. The molecule has 0 radical (unpaired) electrons. The van der Waals surface area contributed by atoms with Crippen molar-refractivity contribution in [2.75, 3.05) is 12.4 Å². The van der Waals surface area contributed by atoms with Crippen LogP contribution < -0.4 is 5.32 Å². The number of benzene rings is 1. The fraction of sp³-hybridized carbons (Fsp3) is 0.200. The van der Waals surface area contributed by atoms with E-state index < -0.39 is 22.8 Å². The van der Waals surface area contributed by atoms with Gasteiger partial charge in [-0.25, -0.2) is 4.79 Å². The van der Waals surface area contributed by atoms with Gasteiger partial charge in [0.25, 0.3) is 0 Å². The van der Waals surface area contributed by atoms with E-state index in [1.165, 1.54) is 24.3 Å². The van der Waals surface area contributed by atoms with Crippen LogP contribution in [0.5, 0.6) is 0 Å². The third kappa shape index (κ3) is 3.42. The van der Waals surface area contributed by atoms with Crippen LogP contribution in [0.1, 0.15) is 0 Å². The van der Waals surface area contributed by atoms with Crippen LogP contribution in [-0.4, -0.2) is 30.0 Å². The average molecular weight is 273 g/mol. The smallest absolute Gasteiger partial charge is 0.391 e. The highest BCUT2D eigenvalue weighted by molar-refractivity contribution is 6.30. The summed E-state index contributed by atoms with van der Waals surface area (Å²) >= 11 is 5.64. The molecular weight excluding hydrogens is 264 g/mol. The molecule has 0 heterocycles. The van der Waals surface area contributed by atoms with E-state index in [1.54, 1.807) is 0 Å². The van der Waals surface area contributed by atoms with Crippen molar-refractivity contribution in [2.24, 2.45) is 0 Å². The SMILES string of the molecule is COC(=O)[C@@H](C(=O)Nc1ccc(Cl)cc1)[N+](=O)[O-]. The maximum Gasteiger partial charge on any atom is 0.391 e. The fourth-order valence-corrected chi connectivity index (χ4v) is 1.27. The summed E-state index contributed by atoms with van der Waals surface area (Å²) < 4.78 is 4.19. The number of halogens is 1. The zero-order chi connectivity index (χ0) is 13.7. The standard InChI is InChI=1S/C10H9ClN2O5/c1-18-10(15)8(13(16)17)9(14)12-7-4-2-6(11)3-5-7/h2-5,8H,1H3,(H,12,14)/t8-/m1/s1. The molecule has 1 aromatic carbocycles. The number of esters is 1. The lowest BCUT2D eigenvalue weighted by molar-refractivity contribution is -0.495. The zero-order valence-corrected chi connectivity index (χ0v) is 10.0. The molecule has 1 N–H and O–H groups in total. The first-order chi connectivity index (χ1) is 8.45. The molecule has 96 valence electrons. The number of anilines is 1. The number of amides is 1. The topological polar surface area (TPSA) is 98.5 Å². The Labute approximate surface area is 107 Å². The average Bonchev–Trinajstić information content (AvgIpc) is 2.31. The van der Waals surface area contributed by atoms with Crippen molar-refractivity contribution in [1.29, 1.82) is 0 Å². The lowest BCUT2D eigenvalue weighted by Gasteiger charge is -2.08. The molecule has 1 aromatic rings. The van der Waals surface area contributed by atoms with Crippen LogP contribution in [0.25, 0.3) is 0 Å². The highest BCUT2D eigenvalue weighted by Crippen LogP contribution is 2.13. The van der Waals surface area contributed by atoms with Gasteiger partial charge in [-0.15, -0.1) is 0 Å². The fourth-order valence-electron chi connectivity index (χ4n) is 1.14. The number of carbonyl (C=O) groups is 2. The number of hydrogen-bond donors (Lipinski definition) is 1. The molecule has 18 heavy (non-hydrogen) atoms. The van der Waals surface area contributed by atoms with E-state index in [1.807, 2.05) is 0 Å². The molecule has 0 saturated carbocycles. The van der Waals surface area contributed by atoms with Gasteiger partial charge in [0.15, 0.2) is 0 Å². The Morgan fingerprint density at radius 1 is 1.39 bits per heavy atom. The summed E-state index contributed by atoms with van der Waals surface area (Å²) in [6.45, 7) is 0. The number of rotatable bonds is 4. The van der Waals surface area contributed by atoms with Crippen LogP contribution in [-0.2, 0) is 14.3 Å². The van der Waals surface area contributed by atoms with Crippen LogP contribution in [0.15, 0.2) is 24.3 Å². The molecule has 0 unspecified atom stereocenters. The van der Waals surface area contributed by atoms with E-state index in [9.17, 15) is 19.7 Å². The first kappa shape index (κ1) is 13.9. The Kier molecular flexibility index (Phi) is 4.61. The number of methoxy groups -OCH3 is 1. The van der Waals surface area contributed by atoms with Crippen LogP contribution >= 0.6 is 11.6 Å². The van der Waals surface area contributed by atoms with Crippen LogP contribution in [0, 0.1) is 10.1 Å². The molecule has 0 aliphatic carbocycles. The lowest BCUT2D eigenvalue weighted by atomic mass is 10.2. The molecule has 0 fully saturated rings. The molecule has 0 aromatic heterocycles. The van der Waals surface area contributed by atoms with E-state index in [4.69, 9.17) is 11.6 Å². The van der Waals surface area contributed by atoms with Crippen molar-refractivity contribution < 1.29 is 19.2 Å². The molecule has 1 atom stereocenters. The van der Waals surface area contributed by atoms with E-state index >= 15 is 0 Å². The van der Waals surface area contributed by atoms with Gasteiger partial charge >= 0.3 is 17.9 Å². The summed E-state index contributed by atoms with van der Waals surface area (Å²) in [4.78, 5) is 32.2. The van der Waals surface area contributed by atoms with Gasteiger partial charge in [0.05, 0.1) is 7.11 Å². The number of ether oxygens (including phenoxy) is 1. The molecule has 0 aliphatic heterocycles. The minimum Gasteiger partial charge on any atom is -0.464 e. The van der Waals surface area contributed by atoms with Crippen LogP contribution in [0.3, 0.4) is 0 Å².